The molecule has 1 atom stereocenters. The minimum Gasteiger partial charge on any atom is -0.507 e. The molecule has 0 radical (unpaired) electrons. The van der Waals surface area contributed by atoms with Crippen molar-refractivity contribution in [1.29, 1.82) is 0 Å². The summed E-state index contributed by atoms with van der Waals surface area (Å²) in [6.45, 7) is 8.67. The van der Waals surface area contributed by atoms with Crippen LogP contribution in [-0.4, -0.2) is 18.2 Å². The van der Waals surface area contributed by atoms with Crippen LogP contribution >= 0.6 is 0 Å². The van der Waals surface area contributed by atoms with Gasteiger partial charge in [-0.15, -0.1) is 0 Å². The lowest BCUT2D eigenvalue weighted by Crippen LogP contribution is -2.30. The Morgan fingerprint density at radius 3 is 2.72 bits per heavy atom. The number of nitrogens with one attached hydrogen (secondary N) is 1. The molecule has 1 saturated heterocycles. The van der Waals surface area contributed by atoms with Gasteiger partial charge in [0.25, 0.3) is 0 Å². The van der Waals surface area contributed by atoms with Crippen LogP contribution < -0.4 is 5.32 Å². The Morgan fingerprint density at radius 1 is 1.33 bits per heavy atom. The third-order valence-corrected chi connectivity index (χ3v) is 3.84. The van der Waals surface area contributed by atoms with Crippen molar-refractivity contribution in [2.45, 2.75) is 45.4 Å². The number of hydrogen-bond donors (Lipinski definition) is 2. The van der Waals surface area contributed by atoms with E-state index in [1.165, 1.54) is 12.8 Å². The Morgan fingerprint density at radius 2 is 2.11 bits per heavy atom. The van der Waals surface area contributed by atoms with Crippen molar-refractivity contribution in [3.63, 3.8) is 0 Å². The predicted octanol–water partition coefficient (Wildman–Crippen LogP) is 3.23. The largest absolute Gasteiger partial charge is 0.507 e. The van der Waals surface area contributed by atoms with Gasteiger partial charge in [-0.05, 0) is 54.8 Å². The summed E-state index contributed by atoms with van der Waals surface area (Å²) < 4.78 is 0. The minimum absolute atomic E-state index is 0.00487. The molecule has 1 aromatic rings. The van der Waals surface area contributed by atoms with Crippen molar-refractivity contribution in [2.75, 3.05) is 13.1 Å². The molecular weight excluding hydrogens is 222 g/mol. The molecule has 2 nitrogen and oxygen atoms in total. The Balaban J connectivity index is 2.18. The van der Waals surface area contributed by atoms with Gasteiger partial charge in [0.05, 0.1) is 0 Å². The topological polar surface area (TPSA) is 32.3 Å². The maximum atomic E-state index is 10.4. The second-order valence-corrected chi connectivity index (χ2v) is 6.48. The minimum atomic E-state index is 0.00487. The van der Waals surface area contributed by atoms with Crippen LogP contribution in [0.1, 0.15) is 44.7 Å². The van der Waals surface area contributed by atoms with E-state index in [1.807, 2.05) is 6.07 Å². The van der Waals surface area contributed by atoms with Gasteiger partial charge in [0.2, 0.25) is 0 Å². The van der Waals surface area contributed by atoms with E-state index in [0.717, 1.165) is 30.6 Å². The molecule has 100 valence electrons. The summed E-state index contributed by atoms with van der Waals surface area (Å²) in [5.74, 6) is 1.18. The highest BCUT2D eigenvalue weighted by molar-refractivity contribution is 5.44. The molecule has 1 unspecified atom stereocenters. The fraction of sp³-hybridized carbons (Fsp3) is 0.625. The van der Waals surface area contributed by atoms with Gasteiger partial charge in [0.15, 0.2) is 0 Å². The molecule has 0 spiro atoms. The van der Waals surface area contributed by atoms with Gasteiger partial charge < -0.3 is 10.4 Å². The molecule has 1 aliphatic rings. The normalized spacial score (nSPS) is 20.9. The van der Waals surface area contributed by atoms with Crippen LogP contribution in [0.3, 0.4) is 0 Å². The number of benzene rings is 1. The Bertz CT molecular complexity index is 400. The quantitative estimate of drug-likeness (QED) is 0.841. The molecule has 0 aliphatic carbocycles. The third-order valence-electron chi connectivity index (χ3n) is 3.84. The molecule has 0 saturated carbocycles. The van der Waals surface area contributed by atoms with Crippen LogP contribution in [0.5, 0.6) is 5.75 Å². The number of aromatic hydroxyl groups is 1. The molecule has 2 N–H and O–H groups in total. The summed E-state index contributed by atoms with van der Waals surface area (Å²) >= 11 is 0. The molecule has 1 aromatic carbocycles. The second-order valence-electron chi connectivity index (χ2n) is 6.48. The molecular formula is C16H25NO. The first-order valence-electron chi connectivity index (χ1n) is 7.00. The number of rotatable bonds is 2. The molecule has 2 rings (SSSR count). The molecule has 1 fully saturated rings. The zero-order valence-electron chi connectivity index (χ0n) is 11.8. The highest BCUT2D eigenvalue weighted by Gasteiger charge is 2.21. The van der Waals surface area contributed by atoms with E-state index in [2.05, 4.69) is 38.2 Å². The molecule has 1 heterocycles. The Hall–Kier alpha value is -1.02. The Kier molecular flexibility index (Phi) is 3.96. The van der Waals surface area contributed by atoms with Gasteiger partial charge >= 0.3 is 0 Å². The molecule has 0 amide bonds. The molecule has 1 aliphatic heterocycles. The average molecular weight is 247 g/mol. The van der Waals surface area contributed by atoms with Gasteiger partial charge in [-0.2, -0.15) is 0 Å². The monoisotopic (exact) mass is 247 g/mol. The van der Waals surface area contributed by atoms with E-state index in [9.17, 15) is 5.11 Å². The third kappa shape index (κ3) is 3.05. The van der Waals surface area contributed by atoms with E-state index in [-0.39, 0.29) is 5.41 Å². The van der Waals surface area contributed by atoms with Crippen LogP contribution in [0.2, 0.25) is 0 Å². The molecule has 18 heavy (non-hydrogen) atoms. The lowest BCUT2D eigenvalue weighted by atomic mass is 9.83. The maximum Gasteiger partial charge on any atom is 0.122 e. The van der Waals surface area contributed by atoms with Crippen LogP contribution in [-0.2, 0) is 11.8 Å². The van der Waals surface area contributed by atoms with E-state index >= 15 is 0 Å². The number of phenolic OH excluding ortho intramolecular Hbond substituents is 1. The molecule has 2 heteroatoms. The van der Waals surface area contributed by atoms with E-state index in [4.69, 9.17) is 0 Å². The smallest absolute Gasteiger partial charge is 0.122 e. The summed E-state index contributed by atoms with van der Waals surface area (Å²) in [6.07, 6.45) is 3.51. The van der Waals surface area contributed by atoms with Crippen molar-refractivity contribution in [2.24, 2.45) is 5.92 Å². The summed E-state index contributed by atoms with van der Waals surface area (Å²) in [5, 5.41) is 13.9. The standard InChI is InChI=1S/C16H25NO/c1-16(2,3)14-8-4-7-13(15(14)18)10-12-6-5-9-17-11-12/h4,7-8,12,17-18H,5-6,9-11H2,1-3H3. The SMILES string of the molecule is CC(C)(C)c1cccc(CC2CCCNC2)c1O. The first kappa shape index (κ1) is 13.4. The van der Waals surface area contributed by atoms with E-state index < -0.39 is 0 Å². The zero-order valence-corrected chi connectivity index (χ0v) is 11.8. The first-order valence-corrected chi connectivity index (χ1v) is 7.00. The van der Waals surface area contributed by atoms with Crippen molar-refractivity contribution >= 4 is 0 Å². The van der Waals surface area contributed by atoms with Gasteiger partial charge in [0.1, 0.15) is 5.75 Å². The average Bonchev–Trinajstić information content (AvgIpc) is 2.32. The lowest BCUT2D eigenvalue weighted by molar-refractivity contribution is 0.367. The van der Waals surface area contributed by atoms with Crippen molar-refractivity contribution in [3.8, 4) is 5.75 Å². The van der Waals surface area contributed by atoms with Gasteiger partial charge in [-0.1, -0.05) is 39.0 Å². The first-order chi connectivity index (χ1) is 8.48. The van der Waals surface area contributed by atoms with Gasteiger partial charge in [0, 0.05) is 0 Å². The highest BCUT2D eigenvalue weighted by atomic mass is 16.3. The van der Waals surface area contributed by atoms with Crippen molar-refractivity contribution < 1.29 is 5.11 Å². The summed E-state index contributed by atoms with van der Waals surface area (Å²) in [5.41, 5.74) is 2.17. The Labute approximate surface area is 110 Å². The van der Waals surface area contributed by atoms with Crippen LogP contribution in [0.15, 0.2) is 18.2 Å². The maximum absolute atomic E-state index is 10.4. The summed E-state index contributed by atoms with van der Waals surface area (Å²) in [4.78, 5) is 0. The van der Waals surface area contributed by atoms with Gasteiger partial charge in [-0.3, -0.25) is 0 Å². The molecule has 0 bridgehead atoms. The number of piperidine rings is 1. The fourth-order valence-corrected chi connectivity index (χ4v) is 2.77. The van der Waals surface area contributed by atoms with Crippen LogP contribution in [0, 0.1) is 5.92 Å². The highest BCUT2D eigenvalue weighted by Crippen LogP contribution is 2.34. The number of phenols is 1. The van der Waals surface area contributed by atoms with Crippen LogP contribution in [0.25, 0.3) is 0 Å². The number of hydrogen-bond acceptors (Lipinski definition) is 2. The molecule has 0 aromatic heterocycles. The van der Waals surface area contributed by atoms with Crippen molar-refractivity contribution in [3.05, 3.63) is 29.3 Å². The van der Waals surface area contributed by atoms with Gasteiger partial charge in [-0.25, -0.2) is 0 Å². The second kappa shape index (κ2) is 5.31. The lowest BCUT2D eigenvalue weighted by Gasteiger charge is -2.25. The number of para-hydroxylation sites is 1. The summed E-state index contributed by atoms with van der Waals surface area (Å²) in [7, 11) is 0. The zero-order chi connectivity index (χ0) is 13.2. The van der Waals surface area contributed by atoms with Crippen LogP contribution in [0.4, 0.5) is 0 Å². The van der Waals surface area contributed by atoms with Crippen molar-refractivity contribution in [1.82, 2.24) is 5.32 Å². The van der Waals surface area contributed by atoms with E-state index in [1.54, 1.807) is 0 Å². The summed E-state index contributed by atoms with van der Waals surface area (Å²) in [6, 6.07) is 6.18. The fourth-order valence-electron chi connectivity index (χ4n) is 2.77. The van der Waals surface area contributed by atoms with E-state index in [0.29, 0.717) is 11.7 Å². The predicted molar refractivity (Wildman–Crippen MR) is 76.1 cm³/mol.